The molecule has 0 aliphatic heterocycles. The van der Waals surface area contributed by atoms with Gasteiger partial charge in [-0.3, -0.25) is 4.79 Å². The largest absolute Gasteiger partial charge is 0.360 e. The predicted octanol–water partition coefficient (Wildman–Crippen LogP) is 2.35. The number of nitrogens with one attached hydrogen (secondary N) is 1. The second-order valence-corrected chi connectivity index (χ2v) is 3.98. The number of rotatable bonds is 2. The molecule has 1 atom stereocenters. The number of aromatic nitrogens is 1. The van der Waals surface area contributed by atoms with E-state index in [9.17, 15) is 4.79 Å². The number of hydrogen-bond donors (Lipinski definition) is 2. The quantitative estimate of drug-likeness (QED) is 0.767. The summed E-state index contributed by atoms with van der Waals surface area (Å²) in [6, 6.07) is 4.88. The highest BCUT2D eigenvalue weighted by Crippen LogP contribution is 2.22. The first-order valence-electron chi connectivity index (χ1n) is 4.66. The van der Waals surface area contributed by atoms with E-state index < -0.39 is 6.04 Å². The fraction of sp³-hybridized carbons (Fsp3) is 0.182. The average molecular weight is 223 g/mol. The zero-order valence-corrected chi connectivity index (χ0v) is 9.01. The highest BCUT2D eigenvalue weighted by atomic mass is 35.5. The van der Waals surface area contributed by atoms with Gasteiger partial charge in [-0.05, 0) is 19.1 Å². The molecule has 0 aliphatic rings. The van der Waals surface area contributed by atoms with Crippen LogP contribution in [0.15, 0.2) is 24.4 Å². The van der Waals surface area contributed by atoms with E-state index in [0.29, 0.717) is 10.6 Å². The van der Waals surface area contributed by atoms with Crippen molar-refractivity contribution in [2.24, 2.45) is 5.73 Å². The minimum absolute atomic E-state index is 0.0661. The normalized spacial score (nSPS) is 13.0. The van der Waals surface area contributed by atoms with Crippen molar-refractivity contribution in [1.82, 2.24) is 4.98 Å². The van der Waals surface area contributed by atoms with Crippen LogP contribution < -0.4 is 5.73 Å². The van der Waals surface area contributed by atoms with E-state index in [1.54, 1.807) is 25.3 Å². The molecule has 1 aromatic carbocycles. The van der Waals surface area contributed by atoms with Crippen LogP contribution in [0.3, 0.4) is 0 Å². The van der Waals surface area contributed by atoms with Gasteiger partial charge in [-0.2, -0.15) is 0 Å². The summed E-state index contributed by atoms with van der Waals surface area (Å²) in [5, 5.41) is 1.51. The first kappa shape index (κ1) is 10.2. The minimum atomic E-state index is -0.486. The Morgan fingerprint density at radius 3 is 2.93 bits per heavy atom. The molecule has 2 aromatic rings. The zero-order valence-electron chi connectivity index (χ0n) is 8.25. The van der Waals surface area contributed by atoms with E-state index >= 15 is 0 Å². The Bertz CT molecular complexity index is 516. The molecule has 0 spiro atoms. The van der Waals surface area contributed by atoms with Crippen molar-refractivity contribution in [2.75, 3.05) is 0 Å². The molecule has 0 bridgehead atoms. The molecule has 78 valence electrons. The molecular formula is C11H11ClN2O. The summed E-state index contributed by atoms with van der Waals surface area (Å²) in [5.74, 6) is -0.0661. The third-order valence-corrected chi connectivity index (χ3v) is 2.56. The van der Waals surface area contributed by atoms with Crippen LogP contribution in [0, 0.1) is 0 Å². The lowest BCUT2D eigenvalue weighted by Crippen LogP contribution is -2.26. The SMILES string of the molecule is CC(N)C(=O)c1c[nH]c2cc(Cl)ccc12. The summed E-state index contributed by atoms with van der Waals surface area (Å²) in [4.78, 5) is 14.7. The van der Waals surface area contributed by atoms with Gasteiger partial charge in [0.05, 0.1) is 6.04 Å². The van der Waals surface area contributed by atoms with Crippen molar-refractivity contribution in [3.8, 4) is 0 Å². The van der Waals surface area contributed by atoms with Gasteiger partial charge in [0.2, 0.25) is 0 Å². The molecule has 2 rings (SSSR count). The Morgan fingerprint density at radius 2 is 2.27 bits per heavy atom. The molecule has 1 unspecified atom stereocenters. The maximum atomic E-state index is 11.7. The van der Waals surface area contributed by atoms with E-state index in [1.807, 2.05) is 6.07 Å². The average Bonchev–Trinajstić information content (AvgIpc) is 2.59. The van der Waals surface area contributed by atoms with Gasteiger partial charge in [0.1, 0.15) is 0 Å². The van der Waals surface area contributed by atoms with Gasteiger partial charge >= 0.3 is 0 Å². The Morgan fingerprint density at radius 1 is 1.53 bits per heavy atom. The van der Waals surface area contributed by atoms with Crippen LogP contribution in [0.2, 0.25) is 5.02 Å². The fourth-order valence-corrected chi connectivity index (χ4v) is 1.72. The lowest BCUT2D eigenvalue weighted by Gasteiger charge is -2.02. The first-order chi connectivity index (χ1) is 7.09. The fourth-order valence-electron chi connectivity index (χ4n) is 1.55. The van der Waals surface area contributed by atoms with E-state index in [4.69, 9.17) is 17.3 Å². The van der Waals surface area contributed by atoms with Gasteiger partial charge in [0.25, 0.3) is 0 Å². The summed E-state index contributed by atoms with van der Waals surface area (Å²) in [5.41, 5.74) is 7.03. The van der Waals surface area contributed by atoms with Crippen LogP contribution in [-0.4, -0.2) is 16.8 Å². The Hall–Kier alpha value is -1.32. The van der Waals surface area contributed by atoms with Crippen molar-refractivity contribution >= 4 is 28.3 Å². The second kappa shape index (κ2) is 3.68. The molecule has 0 aliphatic carbocycles. The van der Waals surface area contributed by atoms with Crippen molar-refractivity contribution < 1.29 is 4.79 Å². The first-order valence-corrected chi connectivity index (χ1v) is 5.04. The second-order valence-electron chi connectivity index (χ2n) is 3.55. The molecule has 0 amide bonds. The number of halogens is 1. The number of hydrogen-bond acceptors (Lipinski definition) is 2. The Balaban J connectivity index is 2.59. The van der Waals surface area contributed by atoms with E-state index in [0.717, 1.165) is 10.9 Å². The number of carbonyl (C=O) groups excluding carboxylic acids is 1. The van der Waals surface area contributed by atoms with Crippen LogP contribution in [-0.2, 0) is 0 Å². The van der Waals surface area contributed by atoms with E-state index in [2.05, 4.69) is 4.98 Å². The molecular weight excluding hydrogens is 212 g/mol. The van der Waals surface area contributed by atoms with Gasteiger partial charge in [0.15, 0.2) is 5.78 Å². The van der Waals surface area contributed by atoms with Gasteiger partial charge in [-0.25, -0.2) is 0 Å². The molecule has 3 nitrogen and oxygen atoms in total. The van der Waals surface area contributed by atoms with Crippen molar-refractivity contribution in [2.45, 2.75) is 13.0 Å². The minimum Gasteiger partial charge on any atom is -0.360 e. The monoisotopic (exact) mass is 222 g/mol. The molecule has 3 N–H and O–H groups in total. The molecule has 1 heterocycles. The lowest BCUT2D eigenvalue weighted by molar-refractivity contribution is 0.0969. The van der Waals surface area contributed by atoms with Gasteiger partial charge < -0.3 is 10.7 Å². The number of ketones is 1. The number of Topliss-reactive ketones (excluding diaryl/α,β-unsaturated/α-hetero) is 1. The van der Waals surface area contributed by atoms with Gasteiger partial charge in [-0.1, -0.05) is 17.7 Å². The molecule has 0 saturated heterocycles. The van der Waals surface area contributed by atoms with E-state index in [1.165, 1.54) is 0 Å². The molecule has 15 heavy (non-hydrogen) atoms. The summed E-state index contributed by atoms with van der Waals surface area (Å²) in [7, 11) is 0. The van der Waals surface area contributed by atoms with Crippen LogP contribution >= 0.6 is 11.6 Å². The van der Waals surface area contributed by atoms with Crippen LogP contribution in [0.4, 0.5) is 0 Å². The standard InChI is InChI=1S/C11H11ClN2O/c1-6(13)11(15)9-5-14-10-4-7(12)2-3-8(9)10/h2-6,14H,13H2,1H3. The predicted molar refractivity (Wildman–Crippen MR) is 61.3 cm³/mol. The summed E-state index contributed by atoms with van der Waals surface area (Å²) >= 11 is 5.84. The number of benzene rings is 1. The molecule has 0 saturated carbocycles. The van der Waals surface area contributed by atoms with Crippen LogP contribution in [0.1, 0.15) is 17.3 Å². The number of H-pyrrole nitrogens is 1. The zero-order chi connectivity index (χ0) is 11.0. The van der Waals surface area contributed by atoms with Gasteiger partial charge in [0, 0.05) is 27.7 Å². The van der Waals surface area contributed by atoms with Crippen LogP contribution in [0.25, 0.3) is 10.9 Å². The third kappa shape index (κ3) is 1.76. The maximum Gasteiger partial charge on any atom is 0.181 e. The smallest absolute Gasteiger partial charge is 0.181 e. The molecule has 0 fully saturated rings. The number of aromatic amines is 1. The summed E-state index contributed by atoms with van der Waals surface area (Å²) < 4.78 is 0. The Kier molecular flexibility index (Phi) is 2.50. The Labute approximate surface area is 92.2 Å². The van der Waals surface area contributed by atoms with Crippen molar-refractivity contribution in [3.63, 3.8) is 0 Å². The highest BCUT2D eigenvalue weighted by molar-refractivity contribution is 6.31. The topological polar surface area (TPSA) is 58.9 Å². The number of carbonyl (C=O) groups is 1. The third-order valence-electron chi connectivity index (χ3n) is 2.32. The molecule has 4 heteroatoms. The maximum absolute atomic E-state index is 11.7. The summed E-state index contributed by atoms with van der Waals surface area (Å²) in [6.45, 7) is 1.68. The summed E-state index contributed by atoms with van der Waals surface area (Å²) in [6.07, 6.45) is 1.67. The van der Waals surface area contributed by atoms with E-state index in [-0.39, 0.29) is 5.78 Å². The molecule has 0 radical (unpaired) electrons. The van der Waals surface area contributed by atoms with Crippen LogP contribution in [0.5, 0.6) is 0 Å². The lowest BCUT2D eigenvalue weighted by atomic mass is 10.1. The van der Waals surface area contributed by atoms with Crippen molar-refractivity contribution in [3.05, 3.63) is 35.0 Å². The van der Waals surface area contributed by atoms with Crippen molar-refractivity contribution in [1.29, 1.82) is 0 Å². The molecule has 1 aromatic heterocycles. The number of nitrogens with two attached hydrogens (primary N) is 1. The number of fused-ring (bicyclic) bond motifs is 1. The highest BCUT2D eigenvalue weighted by Gasteiger charge is 2.15. The van der Waals surface area contributed by atoms with Gasteiger partial charge in [-0.15, -0.1) is 0 Å².